The number of hydrogen-bond acceptors (Lipinski definition) is 2. The third-order valence-corrected chi connectivity index (χ3v) is 2.94. The number of carbonyl (C=O) groups is 1. The predicted molar refractivity (Wildman–Crippen MR) is 78.2 cm³/mol. The van der Waals surface area contributed by atoms with Gasteiger partial charge in [0.15, 0.2) is 0 Å². The lowest BCUT2D eigenvalue weighted by Gasteiger charge is -2.11. The van der Waals surface area contributed by atoms with Crippen molar-refractivity contribution >= 4 is 11.6 Å². The number of nitrogens with one attached hydrogen (secondary N) is 2. The second-order valence-electron chi connectivity index (χ2n) is 4.40. The van der Waals surface area contributed by atoms with Crippen LogP contribution >= 0.6 is 0 Å². The van der Waals surface area contributed by atoms with Crippen LogP contribution in [0.3, 0.4) is 0 Å². The van der Waals surface area contributed by atoms with Crippen LogP contribution in [-0.2, 0) is 6.54 Å². The van der Waals surface area contributed by atoms with E-state index >= 15 is 0 Å². The minimum absolute atomic E-state index is 0.242. The largest absolute Gasteiger partial charge is 0.322 e. The van der Waals surface area contributed by atoms with E-state index < -0.39 is 0 Å². The van der Waals surface area contributed by atoms with Crippen molar-refractivity contribution in [1.82, 2.24) is 5.32 Å². The van der Waals surface area contributed by atoms with Gasteiger partial charge in [0.1, 0.15) is 5.82 Å². The molecule has 0 bridgehead atoms. The summed E-state index contributed by atoms with van der Waals surface area (Å²) in [5.74, 6) is -0.594. The minimum atomic E-state index is -0.353. The van der Waals surface area contributed by atoms with Crippen molar-refractivity contribution in [3.8, 4) is 0 Å². The maximum absolute atomic E-state index is 12.8. The van der Waals surface area contributed by atoms with Gasteiger partial charge in [0.25, 0.3) is 5.91 Å². The number of carbonyl (C=O) groups excluding carboxylic acids is 1. The fraction of sp³-hybridized carbons (Fsp3) is 0.188. The van der Waals surface area contributed by atoms with Crippen LogP contribution in [0.2, 0.25) is 0 Å². The van der Waals surface area contributed by atoms with E-state index in [2.05, 4.69) is 10.6 Å². The van der Waals surface area contributed by atoms with E-state index in [0.717, 1.165) is 17.8 Å². The molecule has 2 rings (SSSR count). The van der Waals surface area contributed by atoms with Gasteiger partial charge < -0.3 is 10.6 Å². The quantitative estimate of drug-likeness (QED) is 0.877. The predicted octanol–water partition coefficient (Wildman–Crippen LogP) is 3.19. The van der Waals surface area contributed by atoms with Gasteiger partial charge in [-0.1, -0.05) is 25.1 Å². The molecule has 0 aliphatic heterocycles. The minimum Gasteiger partial charge on any atom is -0.322 e. The number of anilines is 1. The Hall–Kier alpha value is -2.20. The Bertz CT molecular complexity index is 581. The van der Waals surface area contributed by atoms with E-state index in [1.54, 1.807) is 0 Å². The van der Waals surface area contributed by atoms with Gasteiger partial charge in [0.2, 0.25) is 0 Å². The summed E-state index contributed by atoms with van der Waals surface area (Å²) in [5.41, 5.74) is 2.22. The summed E-state index contributed by atoms with van der Waals surface area (Å²) in [6, 6.07) is 13.1. The number of halogens is 1. The van der Waals surface area contributed by atoms with Gasteiger partial charge in [-0.25, -0.2) is 4.39 Å². The first-order valence-corrected chi connectivity index (χ1v) is 6.56. The van der Waals surface area contributed by atoms with E-state index in [9.17, 15) is 9.18 Å². The van der Waals surface area contributed by atoms with Gasteiger partial charge in [-0.15, -0.1) is 0 Å². The molecule has 20 heavy (non-hydrogen) atoms. The zero-order chi connectivity index (χ0) is 14.4. The van der Waals surface area contributed by atoms with E-state index in [0.29, 0.717) is 12.1 Å². The second-order valence-corrected chi connectivity index (χ2v) is 4.40. The zero-order valence-corrected chi connectivity index (χ0v) is 11.3. The van der Waals surface area contributed by atoms with Crippen LogP contribution in [0, 0.1) is 5.82 Å². The van der Waals surface area contributed by atoms with Crippen molar-refractivity contribution < 1.29 is 9.18 Å². The molecule has 0 spiro atoms. The van der Waals surface area contributed by atoms with E-state index in [1.807, 2.05) is 31.2 Å². The first-order chi connectivity index (χ1) is 9.70. The number of amides is 1. The van der Waals surface area contributed by atoms with Crippen LogP contribution in [0.5, 0.6) is 0 Å². The third-order valence-electron chi connectivity index (χ3n) is 2.94. The highest BCUT2D eigenvalue weighted by Crippen LogP contribution is 2.16. The van der Waals surface area contributed by atoms with Crippen molar-refractivity contribution in [1.29, 1.82) is 0 Å². The number of hydrogen-bond donors (Lipinski definition) is 2. The molecule has 3 nitrogen and oxygen atoms in total. The fourth-order valence-electron chi connectivity index (χ4n) is 1.85. The van der Waals surface area contributed by atoms with E-state index in [-0.39, 0.29) is 11.7 Å². The van der Waals surface area contributed by atoms with Gasteiger partial charge in [-0.3, -0.25) is 4.79 Å². The molecule has 2 N–H and O–H groups in total. The van der Waals surface area contributed by atoms with Crippen LogP contribution in [0.25, 0.3) is 0 Å². The van der Waals surface area contributed by atoms with Gasteiger partial charge in [0.05, 0.1) is 0 Å². The molecular weight excluding hydrogens is 255 g/mol. The molecule has 2 aromatic rings. The van der Waals surface area contributed by atoms with Crippen molar-refractivity contribution in [2.75, 3.05) is 11.9 Å². The second kappa shape index (κ2) is 6.82. The van der Waals surface area contributed by atoms with Gasteiger partial charge >= 0.3 is 0 Å². The highest BCUT2D eigenvalue weighted by molar-refractivity contribution is 6.04. The smallest absolute Gasteiger partial charge is 0.255 e. The molecule has 0 saturated heterocycles. The number of para-hydroxylation sites is 1. The summed E-state index contributed by atoms with van der Waals surface area (Å²) >= 11 is 0. The molecule has 1 amide bonds. The highest BCUT2D eigenvalue weighted by atomic mass is 19.1. The van der Waals surface area contributed by atoms with Crippen LogP contribution < -0.4 is 10.6 Å². The molecule has 0 heterocycles. The summed E-state index contributed by atoms with van der Waals surface area (Å²) in [6.45, 7) is 3.58. The molecule has 2 aromatic carbocycles. The lowest BCUT2D eigenvalue weighted by molar-refractivity contribution is 0.102. The molecule has 0 aromatic heterocycles. The first-order valence-electron chi connectivity index (χ1n) is 6.56. The van der Waals surface area contributed by atoms with Gasteiger partial charge in [0, 0.05) is 17.8 Å². The van der Waals surface area contributed by atoms with E-state index in [4.69, 9.17) is 0 Å². The Morgan fingerprint density at radius 2 is 1.80 bits per heavy atom. The third kappa shape index (κ3) is 3.65. The molecular formula is C16H17FN2O. The van der Waals surface area contributed by atoms with Crippen LogP contribution in [0.15, 0.2) is 48.5 Å². The topological polar surface area (TPSA) is 41.1 Å². The van der Waals surface area contributed by atoms with Gasteiger partial charge in [-0.05, 0) is 42.4 Å². The molecule has 0 aliphatic carbocycles. The van der Waals surface area contributed by atoms with Crippen molar-refractivity contribution in [2.24, 2.45) is 0 Å². The molecule has 0 aliphatic rings. The molecule has 0 fully saturated rings. The molecule has 0 unspecified atom stereocenters. The summed E-state index contributed by atoms with van der Waals surface area (Å²) in [5, 5.41) is 6.08. The molecule has 0 radical (unpaired) electrons. The Balaban J connectivity index is 2.13. The van der Waals surface area contributed by atoms with Crippen LogP contribution in [0.4, 0.5) is 10.1 Å². The Morgan fingerprint density at radius 3 is 2.50 bits per heavy atom. The number of benzene rings is 2. The monoisotopic (exact) mass is 272 g/mol. The molecule has 104 valence electrons. The van der Waals surface area contributed by atoms with Gasteiger partial charge in [-0.2, -0.15) is 0 Å². The summed E-state index contributed by atoms with van der Waals surface area (Å²) in [7, 11) is 0. The molecule has 0 atom stereocenters. The Morgan fingerprint density at radius 1 is 1.10 bits per heavy atom. The lowest BCUT2D eigenvalue weighted by Crippen LogP contribution is -2.17. The molecule has 0 saturated carbocycles. The Labute approximate surface area is 117 Å². The standard InChI is InChI=1S/C16H17FN2O/c1-2-18-11-13-5-3-4-6-15(13)19-16(20)12-7-9-14(17)10-8-12/h3-10,18H,2,11H2,1H3,(H,19,20). The van der Waals surface area contributed by atoms with Crippen molar-refractivity contribution in [2.45, 2.75) is 13.5 Å². The lowest BCUT2D eigenvalue weighted by atomic mass is 10.1. The maximum Gasteiger partial charge on any atom is 0.255 e. The summed E-state index contributed by atoms with van der Waals surface area (Å²) < 4.78 is 12.8. The number of rotatable bonds is 5. The zero-order valence-electron chi connectivity index (χ0n) is 11.3. The SMILES string of the molecule is CCNCc1ccccc1NC(=O)c1ccc(F)cc1. The molecule has 4 heteroatoms. The van der Waals surface area contributed by atoms with E-state index in [1.165, 1.54) is 24.3 Å². The normalized spacial score (nSPS) is 10.3. The fourth-order valence-corrected chi connectivity index (χ4v) is 1.85. The highest BCUT2D eigenvalue weighted by Gasteiger charge is 2.08. The maximum atomic E-state index is 12.8. The Kier molecular flexibility index (Phi) is 4.85. The average molecular weight is 272 g/mol. The van der Waals surface area contributed by atoms with Crippen molar-refractivity contribution in [3.63, 3.8) is 0 Å². The average Bonchev–Trinajstić information content (AvgIpc) is 2.47. The first kappa shape index (κ1) is 14.2. The van der Waals surface area contributed by atoms with Crippen molar-refractivity contribution in [3.05, 3.63) is 65.5 Å². The van der Waals surface area contributed by atoms with Crippen LogP contribution in [-0.4, -0.2) is 12.5 Å². The van der Waals surface area contributed by atoms with Crippen LogP contribution in [0.1, 0.15) is 22.8 Å². The summed E-state index contributed by atoms with van der Waals surface area (Å²) in [6.07, 6.45) is 0. The summed E-state index contributed by atoms with van der Waals surface area (Å²) in [4.78, 5) is 12.1.